The second kappa shape index (κ2) is 14.7. The first kappa shape index (κ1) is 28.6. The van der Waals surface area contributed by atoms with Gasteiger partial charge in [-0.2, -0.15) is 5.10 Å². The molecule has 0 radical (unpaired) electrons. The Hall–Kier alpha value is -4.61. The van der Waals surface area contributed by atoms with Crippen LogP contribution >= 0.6 is 0 Å². The first-order valence-electron chi connectivity index (χ1n) is 11.2. The van der Waals surface area contributed by atoms with Crippen LogP contribution in [0.4, 0.5) is 11.4 Å². The van der Waals surface area contributed by atoms with Gasteiger partial charge in [0.15, 0.2) is 12.2 Å². The van der Waals surface area contributed by atoms with E-state index in [2.05, 4.69) is 20.8 Å². The summed E-state index contributed by atoms with van der Waals surface area (Å²) >= 11 is 0. The normalized spacial score (nSPS) is 13.7. The molecule has 0 heterocycles. The van der Waals surface area contributed by atoms with Crippen LogP contribution in [0.1, 0.15) is 27.7 Å². The summed E-state index contributed by atoms with van der Waals surface area (Å²) in [5, 5.41) is 12.5. The van der Waals surface area contributed by atoms with Crippen LogP contribution in [0.3, 0.4) is 0 Å². The maximum atomic E-state index is 12.1. The average molecular weight is 513 g/mol. The second-order valence-electron chi connectivity index (χ2n) is 7.54. The monoisotopic (exact) mass is 512 g/mol. The Bertz CT molecular complexity index is 1120. The molecule has 1 N–H and O–H groups in total. The lowest BCUT2D eigenvalue weighted by Gasteiger charge is -2.30. The molecule has 2 aromatic rings. The van der Waals surface area contributed by atoms with E-state index in [0.717, 1.165) is 27.7 Å². The van der Waals surface area contributed by atoms with Gasteiger partial charge in [0.2, 0.25) is 11.9 Å². The molecule has 0 aliphatic heterocycles. The van der Waals surface area contributed by atoms with Gasteiger partial charge in [-0.15, -0.1) is 10.2 Å². The molecule has 0 bridgehead atoms. The molecule has 12 heteroatoms. The number of esters is 4. The molecule has 0 fully saturated rings. The van der Waals surface area contributed by atoms with Crippen molar-refractivity contribution >= 4 is 41.1 Å². The van der Waals surface area contributed by atoms with Crippen LogP contribution < -0.4 is 5.43 Å². The zero-order valence-electron chi connectivity index (χ0n) is 20.8. The van der Waals surface area contributed by atoms with Crippen molar-refractivity contribution in [1.82, 2.24) is 0 Å². The van der Waals surface area contributed by atoms with Gasteiger partial charge in [0, 0.05) is 27.7 Å². The first-order chi connectivity index (χ1) is 17.7. The lowest BCUT2D eigenvalue weighted by Crippen LogP contribution is -2.50. The number of benzene rings is 2. The van der Waals surface area contributed by atoms with Crippen molar-refractivity contribution in [1.29, 1.82) is 0 Å². The number of carbonyl (C=O) groups is 4. The van der Waals surface area contributed by atoms with Crippen molar-refractivity contribution < 1.29 is 38.1 Å². The highest BCUT2D eigenvalue weighted by molar-refractivity contribution is 5.90. The molecule has 0 aromatic heterocycles. The van der Waals surface area contributed by atoms with Crippen LogP contribution in [0, 0.1) is 0 Å². The van der Waals surface area contributed by atoms with E-state index in [9.17, 15) is 19.2 Å². The smallest absolute Gasteiger partial charge is 0.303 e. The van der Waals surface area contributed by atoms with E-state index in [-0.39, 0.29) is 5.84 Å². The SMILES string of the molecule is CC(=O)OC[C@H](OC(C)=O)[C@H](OC(C)=O)[C@@H](OC(C)=O)/C(N=Nc1ccccc1)=N/Nc1ccccc1. The van der Waals surface area contributed by atoms with Crippen LogP contribution in [0.15, 0.2) is 76.0 Å². The van der Waals surface area contributed by atoms with Gasteiger partial charge in [0.05, 0.1) is 11.4 Å². The molecule has 3 atom stereocenters. The Morgan fingerprint density at radius 3 is 1.86 bits per heavy atom. The Morgan fingerprint density at radius 1 is 0.757 bits per heavy atom. The lowest BCUT2D eigenvalue weighted by atomic mass is 10.1. The number of ether oxygens (including phenoxy) is 4. The summed E-state index contributed by atoms with van der Waals surface area (Å²) in [6.07, 6.45) is -4.40. The molecule has 0 aliphatic rings. The maximum absolute atomic E-state index is 12.1. The third kappa shape index (κ3) is 10.7. The second-order valence-corrected chi connectivity index (χ2v) is 7.54. The third-order valence-corrected chi connectivity index (χ3v) is 4.38. The standard InChI is InChI=1S/C25H28N4O8/c1-16(30)34-15-22(35-17(2)31)23(36-18(3)32)24(37-19(4)33)25(28-26-20-11-7-5-8-12-20)29-27-21-13-9-6-10-14-21/h5-14,22-24,26H,15H2,1-4H3/b28-25-,29-27?/t22-,23-,24+/m0/s1. The summed E-state index contributed by atoms with van der Waals surface area (Å²) in [6.45, 7) is 4.01. The molecule has 0 aliphatic carbocycles. The highest BCUT2D eigenvalue weighted by atomic mass is 16.6. The number of para-hydroxylation sites is 1. The van der Waals surface area contributed by atoms with Crippen LogP contribution in [0.2, 0.25) is 0 Å². The van der Waals surface area contributed by atoms with Crippen molar-refractivity contribution in [3.05, 3.63) is 60.7 Å². The zero-order chi connectivity index (χ0) is 27.2. The van der Waals surface area contributed by atoms with Crippen molar-refractivity contribution in [3.8, 4) is 0 Å². The highest BCUT2D eigenvalue weighted by Gasteiger charge is 2.41. The first-order valence-corrected chi connectivity index (χ1v) is 11.2. The van der Waals surface area contributed by atoms with Gasteiger partial charge in [-0.25, -0.2) is 0 Å². The molecule has 0 spiro atoms. The number of hydrazone groups is 1. The third-order valence-electron chi connectivity index (χ3n) is 4.38. The summed E-state index contributed by atoms with van der Waals surface area (Å²) in [6, 6.07) is 17.4. The molecule has 196 valence electrons. The molecule has 2 rings (SSSR count). The van der Waals surface area contributed by atoms with Gasteiger partial charge in [-0.1, -0.05) is 36.4 Å². The molecule has 0 saturated heterocycles. The number of azo groups is 1. The highest BCUT2D eigenvalue weighted by Crippen LogP contribution is 2.20. The van der Waals surface area contributed by atoms with E-state index in [0.29, 0.717) is 11.4 Å². The van der Waals surface area contributed by atoms with Crippen molar-refractivity contribution in [2.24, 2.45) is 15.3 Å². The Morgan fingerprint density at radius 2 is 1.32 bits per heavy atom. The fraction of sp³-hybridized carbons (Fsp3) is 0.320. The van der Waals surface area contributed by atoms with E-state index in [4.69, 9.17) is 18.9 Å². The number of nitrogens with one attached hydrogen (secondary N) is 1. The predicted molar refractivity (Wildman–Crippen MR) is 132 cm³/mol. The number of amidine groups is 1. The number of hydrogen-bond donors (Lipinski definition) is 1. The molecule has 0 amide bonds. The number of carbonyl (C=O) groups excluding carboxylic acids is 4. The zero-order valence-corrected chi connectivity index (χ0v) is 20.8. The topological polar surface area (TPSA) is 154 Å². The van der Waals surface area contributed by atoms with E-state index < -0.39 is 48.8 Å². The Kier molecular flexibility index (Phi) is 11.4. The maximum Gasteiger partial charge on any atom is 0.303 e. The Labute approximate surface area is 213 Å². The molecular formula is C25H28N4O8. The van der Waals surface area contributed by atoms with Crippen LogP contribution in [-0.4, -0.2) is 54.6 Å². The van der Waals surface area contributed by atoms with Crippen LogP contribution in [0.25, 0.3) is 0 Å². The largest absolute Gasteiger partial charge is 0.462 e. The van der Waals surface area contributed by atoms with Crippen molar-refractivity contribution in [2.45, 2.75) is 46.0 Å². The molecule has 12 nitrogen and oxygen atoms in total. The van der Waals surface area contributed by atoms with E-state index in [1.54, 1.807) is 54.6 Å². The average Bonchev–Trinajstić information content (AvgIpc) is 2.85. The molecular weight excluding hydrogens is 484 g/mol. The quantitative estimate of drug-likeness (QED) is 0.119. The summed E-state index contributed by atoms with van der Waals surface area (Å²) in [5.74, 6) is -3.24. The van der Waals surface area contributed by atoms with Gasteiger partial charge in [-0.3, -0.25) is 24.6 Å². The number of nitrogens with zero attached hydrogens (tertiary/aromatic N) is 3. The van der Waals surface area contributed by atoms with Gasteiger partial charge in [-0.05, 0) is 24.3 Å². The van der Waals surface area contributed by atoms with Crippen molar-refractivity contribution in [2.75, 3.05) is 12.0 Å². The van der Waals surface area contributed by atoms with Gasteiger partial charge < -0.3 is 18.9 Å². The van der Waals surface area contributed by atoms with E-state index in [1.165, 1.54) is 0 Å². The van der Waals surface area contributed by atoms with Gasteiger partial charge in [0.25, 0.3) is 0 Å². The molecule has 2 aromatic carbocycles. The predicted octanol–water partition coefficient (Wildman–Crippen LogP) is 3.55. The minimum absolute atomic E-state index is 0.228. The summed E-state index contributed by atoms with van der Waals surface area (Å²) < 4.78 is 21.1. The minimum Gasteiger partial charge on any atom is -0.462 e. The summed E-state index contributed by atoms with van der Waals surface area (Å²) in [7, 11) is 0. The minimum atomic E-state index is -1.52. The van der Waals surface area contributed by atoms with E-state index >= 15 is 0 Å². The summed E-state index contributed by atoms with van der Waals surface area (Å²) in [5.41, 5.74) is 3.80. The van der Waals surface area contributed by atoms with E-state index in [1.807, 2.05) is 6.07 Å². The molecule has 0 unspecified atom stereocenters. The molecule has 0 saturated carbocycles. The van der Waals surface area contributed by atoms with Crippen LogP contribution in [0.5, 0.6) is 0 Å². The number of rotatable bonds is 11. The number of hydrogen-bond acceptors (Lipinski definition) is 11. The Balaban J connectivity index is 2.60. The fourth-order valence-electron chi connectivity index (χ4n) is 2.96. The van der Waals surface area contributed by atoms with Crippen LogP contribution in [-0.2, 0) is 38.1 Å². The number of anilines is 1. The lowest BCUT2D eigenvalue weighted by molar-refractivity contribution is -0.183. The van der Waals surface area contributed by atoms with Crippen molar-refractivity contribution in [3.63, 3.8) is 0 Å². The fourth-order valence-corrected chi connectivity index (χ4v) is 2.96. The van der Waals surface area contributed by atoms with Gasteiger partial charge >= 0.3 is 23.9 Å². The molecule has 37 heavy (non-hydrogen) atoms. The summed E-state index contributed by atoms with van der Waals surface area (Å²) in [4.78, 5) is 47.4. The van der Waals surface area contributed by atoms with Gasteiger partial charge in [0.1, 0.15) is 6.61 Å².